The molecule has 1 aromatic heterocycles. The number of fused-ring (bicyclic) bond motifs is 1. The third kappa shape index (κ3) is 12.5. The third-order valence-electron chi connectivity index (χ3n) is 6.10. The standard InChI is InChI=1S/C27H33N3O.3CHO.Re/c31-27-15-6-5-13-25(27)21-30(22-26-14-7-8-16-28-26)18-10-2-1-9-17-29-19-23-11-3-4-12-24(23)20-29;3*1-2;/h3-8,11-16,31H,1-2,9-10,17-22H2;3*1H;/q;3*-1;. The molecular weight excluding hydrogens is 653 g/mol. The number of pyridine rings is 1. The number of phenols is 1. The van der Waals surface area contributed by atoms with Crippen molar-refractivity contribution in [3.63, 3.8) is 0 Å². The number of nitrogens with zero attached hydrogens (tertiary/aromatic N) is 3. The first-order valence-corrected chi connectivity index (χ1v) is 12.2. The number of carbonyl (C=O) groups excluding carboxylic acids is 3. The summed E-state index contributed by atoms with van der Waals surface area (Å²) in [6.45, 7) is 15.7. The molecule has 1 N–H and O–H groups in total. The first-order valence-electron chi connectivity index (χ1n) is 12.2. The molecule has 0 saturated carbocycles. The largest absolute Gasteiger partial charge is 0.545 e. The van der Waals surface area contributed by atoms with E-state index in [0.717, 1.165) is 44.0 Å². The van der Waals surface area contributed by atoms with Gasteiger partial charge in [0.15, 0.2) is 0 Å². The van der Waals surface area contributed by atoms with Gasteiger partial charge in [-0.3, -0.25) is 35.2 Å². The Kier molecular flexibility index (Phi) is 20.3. The third-order valence-corrected chi connectivity index (χ3v) is 6.10. The van der Waals surface area contributed by atoms with Gasteiger partial charge in [0.05, 0.1) is 5.69 Å². The van der Waals surface area contributed by atoms with Crippen LogP contribution in [-0.4, -0.2) is 53.3 Å². The fourth-order valence-electron chi connectivity index (χ4n) is 4.41. The summed E-state index contributed by atoms with van der Waals surface area (Å²) in [5.74, 6) is 0.375. The first kappa shape index (κ1) is 35.0. The van der Waals surface area contributed by atoms with Crippen molar-refractivity contribution >= 4 is 20.4 Å². The Morgan fingerprint density at radius 3 is 1.92 bits per heavy atom. The molecular formula is C30H36N3O4Re-3. The Hall–Kier alpha value is -3.02. The van der Waals surface area contributed by atoms with E-state index >= 15 is 0 Å². The summed E-state index contributed by atoms with van der Waals surface area (Å²) in [6, 6.07) is 22.5. The van der Waals surface area contributed by atoms with Gasteiger partial charge in [-0.25, -0.2) is 0 Å². The van der Waals surface area contributed by atoms with E-state index in [1.807, 2.05) is 36.5 Å². The van der Waals surface area contributed by atoms with Gasteiger partial charge in [-0.2, -0.15) is 0 Å². The molecule has 38 heavy (non-hydrogen) atoms. The molecule has 1 aliphatic rings. The van der Waals surface area contributed by atoms with Crippen molar-refractivity contribution in [2.45, 2.75) is 51.9 Å². The number of aromatic hydroxyl groups is 1. The van der Waals surface area contributed by atoms with E-state index in [4.69, 9.17) is 14.4 Å². The summed E-state index contributed by atoms with van der Waals surface area (Å²) in [5.41, 5.74) is 5.05. The summed E-state index contributed by atoms with van der Waals surface area (Å²) in [5, 5.41) is 10.2. The average Bonchev–Trinajstić information content (AvgIpc) is 3.38. The second-order valence-corrected chi connectivity index (χ2v) is 8.55. The number of para-hydroxylation sites is 1. The van der Waals surface area contributed by atoms with Gasteiger partial charge in [0.1, 0.15) is 5.75 Å². The summed E-state index contributed by atoms with van der Waals surface area (Å²) >= 11 is 0. The van der Waals surface area contributed by atoms with Crippen LogP contribution >= 0.6 is 0 Å². The van der Waals surface area contributed by atoms with E-state index in [-0.39, 0.29) is 20.4 Å². The van der Waals surface area contributed by atoms with Crippen LogP contribution in [-0.2, 0) is 61.0 Å². The maximum Gasteiger partial charge on any atom is 0.120 e. The molecule has 2 aromatic carbocycles. The predicted octanol–water partition coefficient (Wildman–Crippen LogP) is 4.54. The van der Waals surface area contributed by atoms with Crippen LogP contribution < -0.4 is 0 Å². The predicted molar refractivity (Wildman–Crippen MR) is 146 cm³/mol. The molecule has 0 unspecified atom stereocenters. The van der Waals surface area contributed by atoms with Crippen LogP contribution in [0.1, 0.15) is 48.1 Å². The second kappa shape index (κ2) is 22.0. The van der Waals surface area contributed by atoms with Gasteiger partial charge < -0.3 is 19.5 Å². The van der Waals surface area contributed by atoms with Crippen molar-refractivity contribution in [1.82, 2.24) is 14.8 Å². The van der Waals surface area contributed by atoms with Gasteiger partial charge in [-0.05, 0) is 55.3 Å². The first-order chi connectivity index (χ1) is 18.3. The van der Waals surface area contributed by atoms with Gasteiger partial charge >= 0.3 is 0 Å². The summed E-state index contributed by atoms with van der Waals surface area (Å²) in [7, 11) is 0. The minimum atomic E-state index is 0. The Bertz CT molecular complexity index is 980. The minimum Gasteiger partial charge on any atom is -0.545 e. The van der Waals surface area contributed by atoms with Crippen molar-refractivity contribution in [1.29, 1.82) is 0 Å². The van der Waals surface area contributed by atoms with E-state index in [1.54, 1.807) is 6.07 Å². The minimum absolute atomic E-state index is 0. The molecule has 0 saturated heterocycles. The molecule has 0 spiro atoms. The van der Waals surface area contributed by atoms with E-state index in [2.05, 4.69) is 65.5 Å². The fourth-order valence-corrected chi connectivity index (χ4v) is 4.41. The van der Waals surface area contributed by atoms with Crippen LogP contribution in [0.3, 0.4) is 0 Å². The number of phenolic OH excluding ortho intramolecular Hbond substituents is 1. The molecule has 0 fully saturated rings. The molecule has 1 aliphatic heterocycles. The second-order valence-electron chi connectivity index (χ2n) is 8.55. The maximum absolute atomic E-state index is 10.2. The molecule has 4 rings (SSSR count). The van der Waals surface area contributed by atoms with Crippen molar-refractivity contribution in [2.24, 2.45) is 0 Å². The van der Waals surface area contributed by atoms with Crippen LogP contribution in [0.4, 0.5) is 0 Å². The van der Waals surface area contributed by atoms with Gasteiger partial charge in [-0.1, -0.05) is 61.4 Å². The molecule has 205 valence electrons. The van der Waals surface area contributed by atoms with Gasteiger partial charge in [-0.15, -0.1) is 0 Å². The van der Waals surface area contributed by atoms with E-state index in [0.29, 0.717) is 5.75 Å². The molecule has 0 bridgehead atoms. The van der Waals surface area contributed by atoms with Crippen LogP contribution in [0, 0.1) is 0 Å². The SMILES string of the molecule is Oc1ccccc1CN(CCCCCCN1Cc2ccccc2C1)Cc1ccccn1.[CH-]=O.[CH-]=O.[CH-]=O.[Re]. The monoisotopic (exact) mass is 689 g/mol. The molecule has 8 heteroatoms. The van der Waals surface area contributed by atoms with Gasteiger partial charge in [0, 0.05) is 58.4 Å². The number of benzene rings is 2. The number of rotatable bonds is 11. The summed E-state index contributed by atoms with van der Waals surface area (Å²) in [6.07, 6.45) is 6.78. The van der Waals surface area contributed by atoms with E-state index < -0.39 is 0 Å². The van der Waals surface area contributed by atoms with Crippen LogP contribution in [0.2, 0.25) is 0 Å². The molecule has 2 heterocycles. The molecule has 0 aliphatic carbocycles. The molecule has 0 atom stereocenters. The normalized spacial score (nSPS) is 11.4. The Morgan fingerprint density at radius 2 is 1.32 bits per heavy atom. The van der Waals surface area contributed by atoms with Crippen molar-refractivity contribution < 1.29 is 39.9 Å². The molecule has 3 aromatic rings. The van der Waals surface area contributed by atoms with Crippen LogP contribution in [0.15, 0.2) is 72.9 Å². The average molecular weight is 689 g/mol. The zero-order chi connectivity index (χ0) is 27.3. The van der Waals surface area contributed by atoms with Crippen molar-refractivity contribution in [2.75, 3.05) is 13.1 Å². The van der Waals surface area contributed by atoms with E-state index in [9.17, 15) is 5.11 Å². The Labute approximate surface area is 240 Å². The van der Waals surface area contributed by atoms with Gasteiger partial charge in [0.25, 0.3) is 0 Å². The number of aromatic nitrogens is 1. The zero-order valence-corrected chi connectivity index (χ0v) is 24.3. The van der Waals surface area contributed by atoms with Crippen LogP contribution in [0.25, 0.3) is 0 Å². The maximum atomic E-state index is 10.2. The Balaban J connectivity index is 0.00000183. The molecule has 0 amide bonds. The van der Waals surface area contributed by atoms with Crippen molar-refractivity contribution in [3.8, 4) is 5.75 Å². The van der Waals surface area contributed by atoms with E-state index in [1.165, 1.54) is 43.4 Å². The van der Waals surface area contributed by atoms with Crippen molar-refractivity contribution in [3.05, 3.63) is 95.3 Å². The smallest absolute Gasteiger partial charge is 0.120 e. The summed E-state index contributed by atoms with van der Waals surface area (Å²) < 4.78 is 0. The summed E-state index contributed by atoms with van der Waals surface area (Å²) in [4.78, 5) is 32.7. The number of hydrogen-bond acceptors (Lipinski definition) is 7. The molecule has 7 nitrogen and oxygen atoms in total. The molecule has 1 radical (unpaired) electrons. The number of unbranched alkanes of at least 4 members (excludes halogenated alkanes) is 3. The quantitative estimate of drug-likeness (QED) is 0.180. The number of hydrogen-bond donors (Lipinski definition) is 1. The topological polar surface area (TPSA) is 90.8 Å². The fraction of sp³-hybridized carbons (Fsp3) is 0.333. The van der Waals surface area contributed by atoms with Crippen LogP contribution in [0.5, 0.6) is 5.75 Å². The van der Waals surface area contributed by atoms with Gasteiger partial charge in [0.2, 0.25) is 0 Å². The zero-order valence-electron chi connectivity index (χ0n) is 21.6. The Morgan fingerprint density at radius 1 is 0.737 bits per heavy atom.